The van der Waals surface area contributed by atoms with Gasteiger partial charge in [0.05, 0.1) is 10.5 Å². The second-order valence-corrected chi connectivity index (χ2v) is 6.73. The Morgan fingerprint density at radius 1 is 0.800 bits per heavy atom. The average Bonchev–Trinajstić information content (AvgIpc) is 2.46. The highest BCUT2D eigenvalue weighted by atomic mass is 32.2. The second kappa shape index (κ2) is 6.27. The van der Waals surface area contributed by atoms with Gasteiger partial charge in [0.1, 0.15) is 11.6 Å². The molecule has 0 fully saturated rings. The molecule has 0 spiro atoms. The van der Waals surface area contributed by atoms with Gasteiger partial charge >= 0.3 is 0 Å². The lowest BCUT2D eigenvalue weighted by atomic mass is 10.1. The fraction of sp³-hybridized carbons (Fsp3) is 0.250. The van der Waals surface area contributed by atoms with E-state index >= 15 is 0 Å². The van der Waals surface area contributed by atoms with Crippen LogP contribution >= 0.6 is 0 Å². The van der Waals surface area contributed by atoms with E-state index < -0.39 is 21.3 Å². The summed E-state index contributed by atoms with van der Waals surface area (Å²) in [5.41, 5.74) is 0.794. The molecule has 0 bridgehead atoms. The monoisotopic (exact) mass is 294 g/mol. The summed E-state index contributed by atoms with van der Waals surface area (Å²) in [5, 5.41) is -0.989. The molecule has 0 saturated carbocycles. The standard InChI is InChI=1S/C16H16F2OS/c1-11(13-7-3-5-9-15(13)17)20(19)12(2)14-8-4-6-10-16(14)18/h3-12H,1-2H3. The first kappa shape index (κ1) is 14.9. The zero-order valence-corrected chi connectivity index (χ0v) is 12.2. The fourth-order valence-electron chi connectivity index (χ4n) is 2.17. The first-order valence-corrected chi connectivity index (χ1v) is 7.68. The van der Waals surface area contributed by atoms with E-state index in [-0.39, 0.29) is 11.6 Å². The van der Waals surface area contributed by atoms with E-state index in [0.29, 0.717) is 11.1 Å². The Morgan fingerprint density at radius 2 is 1.15 bits per heavy atom. The Kier molecular flexibility index (Phi) is 4.65. The first-order chi connectivity index (χ1) is 9.52. The van der Waals surface area contributed by atoms with Crippen LogP contribution in [0.15, 0.2) is 48.5 Å². The van der Waals surface area contributed by atoms with Gasteiger partial charge in [0.2, 0.25) is 0 Å². The van der Waals surface area contributed by atoms with Crippen molar-refractivity contribution in [1.29, 1.82) is 0 Å². The SMILES string of the molecule is CC(c1ccccc1F)S(=O)C(C)c1ccccc1F. The van der Waals surface area contributed by atoms with Gasteiger partial charge in [-0.05, 0) is 26.0 Å². The molecule has 1 nitrogen and oxygen atoms in total. The minimum absolute atomic E-state index is 0.380. The van der Waals surface area contributed by atoms with Gasteiger partial charge in [0.15, 0.2) is 0 Å². The lowest BCUT2D eigenvalue weighted by molar-refractivity contribution is 0.599. The van der Waals surface area contributed by atoms with Crippen molar-refractivity contribution in [2.75, 3.05) is 0 Å². The predicted molar refractivity (Wildman–Crippen MR) is 77.8 cm³/mol. The molecule has 0 amide bonds. The average molecular weight is 294 g/mol. The number of benzene rings is 2. The normalized spacial score (nSPS) is 15.6. The summed E-state index contributed by atoms with van der Waals surface area (Å²) in [6.07, 6.45) is 0. The largest absolute Gasteiger partial charge is 0.258 e. The van der Waals surface area contributed by atoms with Crippen molar-refractivity contribution in [3.8, 4) is 0 Å². The maximum atomic E-state index is 13.7. The third-order valence-electron chi connectivity index (χ3n) is 3.38. The minimum atomic E-state index is -1.41. The second-order valence-electron chi connectivity index (χ2n) is 4.66. The molecule has 106 valence electrons. The van der Waals surface area contributed by atoms with Crippen LogP contribution in [0.2, 0.25) is 0 Å². The summed E-state index contributed by atoms with van der Waals surface area (Å²) in [6, 6.07) is 12.5. The number of hydrogen-bond donors (Lipinski definition) is 0. The van der Waals surface area contributed by atoms with Crippen LogP contribution in [-0.2, 0) is 10.8 Å². The van der Waals surface area contributed by atoms with Gasteiger partial charge in [0.25, 0.3) is 0 Å². The Morgan fingerprint density at radius 3 is 1.50 bits per heavy atom. The Balaban J connectivity index is 2.28. The van der Waals surface area contributed by atoms with Crippen LogP contribution in [0.3, 0.4) is 0 Å². The van der Waals surface area contributed by atoms with Crippen molar-refractivity contribution in [1.82, 2.24) is 0 Å². The van der Waals surface area contributed by atoms with Crippen LogP contribution in [0, 0.1) is 11.6 Å². The van der Waals surface area contributed by atoms with Crippen molar-refractivity contribution in [2.45, 2.75) is 24.3 Å². The van der Waals surface area contributed by atoms with Crippen LogP contribution < -0.4 is 0 Å². The van der Waals surface area contributed by atoms with E-state index in [1.54, 1.807) is 50.2 Å². The van der Waals surface area contributed by atoms with Gasteiger partial charge in [-0.3, -0.25) is 4.21 Å². The molecule has 0 N–H and O–H groups in total. The molecule has 2 aromatic rings. The molecular formula is C16H16F2OS. The third kappa shape index (κ3) is 2.96. The molecular weight excluding hydrogens is 278 g/mol. The summed E-state index contributed by atoms with van der Waals surface area (Å²) in [7, 11) is -1.41. The first-order valence-electron chi connectivity index (χ1n) is 6.40. The number of rotatable bonds is 4. The molecule has 0 aliphatic carbocycles. The van der Waals surface area contributed by atoms with Crippen molar-refractivity contribution in [3.63, 3.8) is 0 Å². The van der Waals surface area contributed by atoms with E-state index in [2.05, 4.69) is 0 Å². The van der Waals surface area contributed by atoms with Gasteiger partial charge in [-0.15, -0.1) is 0 Å². The minimum Gasteiger partial charge on any atom is -0.258 e. The summed E-state index contributed by atoms with van der Waals surface area (Å²) in [6.45, 7) is 3.40. The highest BCUT2D eigenvalue weighted by Crippen LogP contribution is 2.32. The lowest BCUT2D eigenvalue weighted by Crippen LogP contribution is -2.12. The zero-order chi connectivity index (χ0) is 14.7. The highest BCUT2D eigenvalue weighted by Gasteiger charge is 2.24. The van der Waals surface area contributed by atoms with Crippen molar-refractivity contribution in [2.24, 2.45) is 0 Å². The smallest absolute Gasteiger partial charge is 0.127 e. The molecule has 4 heteroatoms. The van der Waals surface area contributed by atoms with Crippen LogP contribution in [0.4, 0.5) is 8.78 Å². The molecule has 2 atom stereocenters. The maximum absolute atomic E-state index is 13.7. The van der Waals surface area contributed by atoms with Crippen LogP contribution in [-0.4, -0.2) is 4.21 Å². The Hall–Kier alpha value is -1.55. The quantitative estimate of drug-likeness (QED) is 0.809. The molecule has 0 aliphatic heterocycles. The number of halogens is 2. The lowest BCUT2D eigenvalue weighted by Gasteiger charge is -2.19. The van der Waals surface area contributed by atoms with E-state index in [4.69, 9.17) is 0 Å². The molecule has 2 unspecified atom stereocenters. The van der Waals surface area contributed by atoms with Gasteiger partial charge in [-0.25, -0.2) is 8.78 Å². The van der Waals surface area contributed by atoms with Crippen molar-refractivity contribution in [3.05, 3.63) is 71.3 Å². The maximum Gasteiger partial charge on any atom is 0.127 e. The van der Waals surface area contributed by atoms with Gasteiger partial charge in [0, 0.05) is 21.9 Å². The summed E-state index contributed by atoms with van der Waals surface area (Å²) < 4.78 is 40.0. The van der Waals surface area contributed by atoms with E-state index in [1.165, 1.54) is 12.1 Å². The summed E-state index contributed by atoms with van der Waals surface area (Å²) in [5.74, 6) is -0.761. The van der Waals surface area contributed by atoms with E-state index in [9.17, 15) is 13.0 Å². The summed E-state index contributed by atoms with van der Waals surface area (Å²) in [4.78, 5) is 0. The molecule has 2 rings (SSSR count). The van der Waals surface area contributed by atoms with Crippen LogP contribution in [0.25, 0.3) is 0 Å². The van der Waals surface area contributed by atoms with Crippen molar-refractivity contribution < 1.29 is 13.0 Å². The Bertz CT molecular complexity index is 574. The topological polar surface area (TPSA) is 17.1 Å². The van der Waals surface area contributed by atoms with Gasteiger partial charge in [-0.1, -0.05) is 36.4 Å². The summed E-state index contributed by atoms with van der Waals surface area (Å²) >= 11 is 0. The third-order valence-corrected chi connectivity index (χ3v) is 5.29. The zero-order valence-electron chi connectivity index (χ0n) is 11.3. The molecule has 2 aromatic carbocycles. The molecule has 20 heavy (non-hydrogen) atoms. The molecule has 0 saturated heterocycles. The van der Waals surface area contributed by atoms with Crippen LogP contribution in [0.5, 0.6) is 0 Å². The van der Waals surface area contributed by atoms with E-state index in [1.807, 2.05) is 0 Å². The Labute approximate surface area is 120 Å². The molecule has 0 radical (unpaired) electrons. The highest BCUT2D eigenvalue weighted by molar-refractivity contribution is 7.85. The van der Waals surface area contributed by atoms with Gasteiger partial charge < -0.3 is 0 Å². The predicted octanol–water partition coefficient (Wildman–Crippen LogP) is 4.54. The van der Waals surface area contributed by atoms with Gasteiger partial charge in [-0.2, -0.15) is 0 Å². The van der Waals surface area contributed by atoms with Crippen LogP contribution in [0.1, 0.15) is 35.5 Å². The van der Waals surface area contributed by atoms with Crippen molar-refractivity contribution >= 4 is 10.8 Å². The molecule has 0 aromatic heterocycles. The molecule has 0 aliphatic rings. The number of hydrogen-bond acceptors (Lipinski definition) is 1. The fourth-order valence-corrected chi connectivity index (χ4v) is 3.66. The molecule has 0 heterocycles. The van der Waals surface area contributed by atoms with E-state index in [0.717, 1.165) is 0 Å².